The smallest absolute Gasteiger partial charge is 0.237 e. The standard InChI is InChI=1S/C19H28N2O3/c1-3-24-18-10-13(8-9-17(18)23-2)12-20-19(22)16-11-14-6-4-5-7-15(14)21-16/h8-10,14-16,21H,3-7,11-12H2,1-2H3,(H,20,22). The first kappa shape index (κ1) is 17.1. The molecule has 1 saturated carbocycles. The molecule has 2 aliphatic rings. The molecule has 1 aliphatic heterocycles. The Morgan fingerprint density at radius 3 is 2.88 bits per heavy atom. The minimum Gasteiger partial charge on any atom is -0.493 e. The highest BCUT2D eigenvalue weighted by Crippen LogP contribution is 2.33. The summed E-state index contributed by atoms with van der Waals surface area (Å²) in [5.41, 5.74) is 1.02. The third kappa shape index (κ3) is 3.83. The second-order valence-electron chi connectivity index (χ2n) is 6.74. The van der Waals surface area contributed by atoms with Gasteiger partial charge in [0.25, 0.3) is 0 Å². The van der Waals surface area contributed by atoms with Crippen LogP contribution in [-0.2, 0) is 11.3 Å². The van der Waals surface area contributed by atoms with Crippen molar-refractivity contribution < 1.29 is 14.3 Å². The number of benzene rings is 1. The molecule has 3 unspecified atom stereocenters. The summed E-state index contributed by atoms with van der Waals surface area (Å²) in [6.45, 7) is 3.04. The van der Waals surface area contributed by atoms with Crippen LogP contribution in [0.1, 0.15) is 44.6 Å². The van der Waals surface area contributed by atoms with E-state index in [2.05, 4.69) is 10.6 Å². The minimum absolute atomic E-state index is 0.0392. The number of carbonyl (C=O) groups is 1. The van der Waals surface area contributed by atoms with Crippen molar-refractivity contribution in [2.45, 2.75) is 57.7 Å². The summed E-state index contributed by atoms with van der Waals surface area (Å²) < 4.78 is 10.9. The van der Waals surface area contributed by atoms with Gasteiger partial charge in [-0.25, -0.2) is 0 Å². The first-order valence-electron chi connectivity index (χ1n) is 9.04. The molecule has 2 fully saturated rings. The van der Waals surface area contributed by atoms with Crippen molar-refractivity contribution in [3.8, 4) is 11.5 Å². The number of ether oxygens (including phenoxy) is 2. The maximum Gasteiger partial charge on any atom is 0.237 e. The molecule has 2 N–H and O–H groups in total. The van der Waals surface area contributed by atoms with Crippen LogP contribution in [0.5, 0.6) is 11.5 Å². The highest BCUT2D eigenvalue weighted by atomic mass is 16.5. The molecule has 1 amide bonds. The van der Waals surface area contributed by atoms with Gasteiger partial charge in [0.2, 0.25) is 5.91 Å². The monoisotopic (exact) mass is 332 g/mol. The molecule has 5 heteroatoms. The Labute approximate surface area is 144 Å². The van der Waals surface area contributed by atoms with E-state index < -0.39 is 0 Å². The molecule has 0 aromatic heterocycles. The van der Waals surface area contributed by atoms with Gasteiger partial charge in [0.15, 0.2) is 11.5 Å². The quantitative estimate of drug-likeness (QED) is 0.841. The molecule has 0 bridgehead atoms. The van der Waals surface area contributed by atoms with Crippen molar-refractivity contribution in [2.75, 3.05) is 13.7 Å². The third-order valence-electron chi connectivity index (χ3n) is 5.17. The first-order valence-corrected chi connectivity index (χ1v) is 9.04. The van der Waals surface area contributed by atoms with E-state index in [0.29, 0.717) is 30.9 Å². The number of hydrogen-bond donors (Lipinski definition) is 2. The lowest BCUT2D eigenvalue weighted by Crippen LogP contribution is -2.42. The SMILES string of the molecule is CCOc1cc(CNC(=O)C2CC3CCCCC3N2)ccc1OC. The van der Waals surface area contributed by atoms with Crippen LogP contribution in [0.15, 0.2) is 18.2 Å². The van der Waals surface area contributed by atoms with Crippen LogP contribution in [0.3, 0.4) is 0 Å². The highest BCUT2D eigenvalue weighted by molar-refractivity contribution is 5.82. The molecule has 1 aromatic rings. The van der Waals surface area contributed by atoms with E-state index in [1.54, 1.807) is 7.11 Å². The van der Waals surface area contributed by atoms with E-state index in [4.69, 9.17) is 9.47 Å². The molecular formula is C19H28N2O3. The number of rotatable bonds is 6. The molecular weight excluding hydrogens is 304 g/mol. The topological polar surface area (TPSA) is 59.6 Å². The van der Waals surface area contributed by atoms with Crippen molar-refractivity contribution in [2.24, 2.45) is 5.92 Å². The van der Waals surface area contributed by atoms with Crippen LogP contribution in [0.4, 0.5) is 0 Å². The van der Waals surface area contributed by atoms with Gasteiger partial charge in [-0.15, -0.1) is 0 Å². The van der Waals surface area contributed by atoms with Crippen molar-refractivity contribution in [1.29, 1.82) is 0 Å². The van der Waals surface area contributed by atoms with Crippen LogP contribution < -0.4 is 20.1 Å². The molecule has 24 heavy (non-hydrogen) atoms. The minimum atomic E-state index is -0.0392. The zero-order valence-corrected chi connectivity index (χ0v) is 14.6. The Morgan fingerprint density at radius 1 is 1.29 bits per heavy atom. The van der Waals surface area contributed by atoms with E-state index >= 15 is 0 Å². The molecule has 5 nitrogen and oxygen atoms in total. The van der Waals surface area contributed by atoms with Gasteiger partial charge in [0.05, 0.1) is 19.8 Å². The normalized spacial score (nSPS) is 25.8. The molecule has 1 heterocycles. The van der Waals surface area contributed by atoms with Crippen LogP contribution in [-0.4, -0.2) is 31.7 Å². The van der Waals surface area contributed by atoms with Gasteiger partial charge in [0.1, 0.15) is 0 Å². The summed E-state index contributed by atoms with van der Waals surface area (Å²) in [7, 11) is 1.63. The maximum absolute atomic E-state index is 12.5. The second kappa shape index (κ2) is 7.88. The number of carbonyl (C=O) groups excluding carboxylic acids is 1. The highest BCUT2D eigenvalue weighted by Gasteiger charge is 2.37. The van der Waals surface area contributed by atoms with Crippen molar-refractivity contribution >= 4 is 5.91 Å². The molecule has 3 atom stereocenters. The van der Waals surface area contributed by atoms with E-state index in [1.165, 1.54) is 25.7 Å². The fraction of sp³-hybridized carbons (Fsp3) is 0.632. The van der Waals surface area contributed by atoms with E-state index in [9.17, 15) is 4.79 Å². The maximum atomic E-state index is 12.5. The van der Waals surface area contributed by atoms with Gasteiger partial charge in [-0.2, -0.15) is 0 Å². The van der Waals surface area contributed by atoms with Crippen molar-refractivity contribution in [1.82, 2.24) is 10.6 Å². The number of amides is 1. The summed E-state index contributed by atoms with van der Waals surface area (Å²) in [5, 5.41) is 6.58. The lowest BCUT2D eigenvalue weighted by Gasteiger charge is -2.24. The lowest BCUT2D eigenvalue weighted by atomic mass is 9.85. The molecule has 1 aliphatic carbocycles. The van der Waals surface area contributed by atoms with E-state index in [-0.39, 0.29) is 11.9 Å². The third-order valence-corrected chi connectivity index (χ3v) is 5.17. The molecule has 3 rings (SSSR count). The second-order valence-corrected chi connectivity index (χ2v) is 6.74. The summed E-state index contributed by atoms with van der Waals surface area (Å²) in [6, 6.07) is 6.28. The van der Waals surface area contributed by atoms with Crippen molar-refractivity contribution in [3.63, 3.8) is 0 Å². The van der Waals surface area contributed by atoms with Crippen LogP contribution in [0.2, 0.25) is 0 Å². The van der Waals surface area contributed by atoms with Crippen LogP contribution in [0, 0.1) is 5.92 Å². The Bertz CT molecular complexity index is 562. The predicted molar refractivity (Wildman–Crippen MR) is 93.3 cm³/mol. The molecule has 132 valence electrons. The Balaban J connectivity index is 1.55. The zero-order chi connectivity index (χ0) is 16.9. The number of methoxy groups -OCH3 is 1. The van der Waals surface area contributed by atoms with Crippen molar-refractivity contribution in [3.05, 3.63) is 23.8 Å². The number of fused-ring (bicyclic) bond motifs is 1. The van der Waals surface area contributed by atoms with Gasteiger partial charge >= 0.3 is 0 Å². The largest absolute Gasteiger partial charge is 0.493 e. The van der Waals surface area contributed by atoms with E-state index in [1.807, 2.05) is 25.1 Å². The average Bonchev–Trinajstić information content (AvgIpc) is 3.04. The molecule has 1 saturated heterocycles. The van der Waals surface area contributed by atoms with Gasteiger partial charge < -0.3 is 20.1 Å². The van der Waals surface area contributed by atoms with Gasteiger partial charge in [-0.1, -0.05) is 18.9 Å². The molecule has 0 spiro atoms. The van der Waals surface area contributed by atoms with Gasteiger partial charge in [0, 0.05) is 12.6 Å². The van der Waals surface area contributed by atoms with Crippen LogP contribution >= 0.6 is 0 Å². The molecule has 0 radical (unpaired) electrons. The fourth-order valence-corrected chi connectivity index (χ4v) is 3.93. The Morgan fingerprint density at radius 2 is 2.12 bits per heavy atom. The number of hydrogen-bond acceptors (Lipinski definition) is 4. The zero-order valence-electron chi connectivity index (χ0n) is 14.6. The summed E-state index contributed by atoms with van der Waals surface area (Å²) in [6.07, 6.45) is 6.05. The summed E-state index contributed by atoms with van der Waals surface area (Å²) in [4.78, 5) is 12.5. The fourth-order valence-electron chi connectivity index (χ4n) is 3.93. The van der Waals surface area contributed by atoms with Gasteiger partial charge in [-0.05, 0) is 49.8 Å². The first-order chi connectivity index (χ1) is 11.7. The summed E-state index contributed by atoms with van der Waals surface area (Å²) >= 11 is 0. The Hall–Kier alpha value is -1.75. The lowest BCUT2D eigenvalue weighted by molar-refractivity contribution is -0.123. The summed E-state index contributed by atoms with van der Waals surface area (Å²) in [5.74, 6) is 2.23. The average molecular weight is 332 g/mol. The van der Waals surface area contributed by atoms with Gasteiger partial charge in [-0.3, -0.25) is 4.79 Å². The molecule has 1 aromatic carbocycles. The number of nitrogens with one attached hydrogen (secondary N) is 2. The van der Waals surface area contributed by atoms with E-state index in [0.717, 1.165) is 17.7 Å². The Kier molecular flexibility index (Phi) is 5.61. The van der Waals surface area contributed by atoms with Crippen LogP contribution in [0.25, 0.3) is 0 Å². The predicted octanol–water partition coefficient (Wildman–Crippen LogP) is 2.63.